The van der Waals surface area contributed by atoms with Gasteiger partial charge in [0.1, 0.15) is 5.75 Å². The fraction of sp³-hybridized carbons (Fsp3) is 0.344. The third kappa shape index (κ3) is 5.43. The Labute approximate surface area is 245 Å². The summed E-state index contributed by atoms with van der Waals surface area (Å²) < 4.78 is 46.2. The molecular formula is C32H35NO9. The summed E-state index contributed by atoms with van der Waals surface area (Å²) in [5.74, 6) is 1.24. The Kier molecular flexibility index (Phi) is 8.46. The zero-order chi connectivity index (χ0) is 29.9. The van der Waals surface area contributed by atoms with Gasteiger partial charge in [0.15, 0.2) is 23.0 Å². The van der Waals surface area contributed by atoms with Crippen LogP contribution in [0, 0.1) is 0 Å². The van der Waals surface area contributed by atoms with Crippen molar-refractivity contribution in [1.29, 1.82) is 0 Å². The van der Waals surface area contributed by atoms with Crippen LogP contribution in [0.1, 0.15) is 16.7 Å². The fourth-order valence-electron chi connectivity index (χ4n) is 5.14. The molecule has 0 aromatic heterocycles. The number of likely N-dealkylation sites (N-methyl/N-ethyl adjacent to an activating group) is 1. The molecule has 2 heterocycles. The van der Waals surface area contributed by atoms with Crippen molar-refractivity contribution in [3.05, 3.63) is 76.9 Å². The van der Waals surface area contributed by atoms with Gasteiger partial charge in [0.05, 0.1) is 40.6 Å². The SMILES string of the molecule is COc1ccc(C2(OCCN(C)C)OC(=O)C(c3ccc4c(c3)OCO4)=C2Cc2cc(OC)c(OC)c(OC)c2)cc1. The lowest BCUT2D eigenvalue weighted by atomic mass is 9.87. The number of esters is 1. The van der Waals surface area contributed by atoms with Gasteiger partial charge in [0.2, 0.25) is 12.5 Å². The van der Waals surface area contributed by atoms with Gasteiger partial charge in [0, 0.05) is 24.1 Å². The summed E-state index contributed by atoms with van der Waals surface area (Å²) in [7, 11) is 10.2. The van der Waals surface area contributed by atoms with Gasteiger partial charge in [-0.1, -0.05) is 6.07 Å². The molecule has 1 unspecified atom stereocenters. The van der Waals surface area contributed by atoms with E-state index in [0.717, 1.165) is 5.56 Å². The highest BCUT2D eigenvalue weighted by molar-refractivity contribution is 6.20. The van der Waals surface area contributed by atoms with Gasteiger partial charge in [-0.05, 0) is 73.8 Å². The van der Waals surface area contributed by atoms with Crippen LogP contribution in [0.4, 0.5) is 0 Å². The van der Waals surface area contributed by atoms with E-state index in [9.17, 15) is 4.79 Å². The van der Waals surface area contributed by atoms with E-state index in [1.54, 1.807) is 40.6 Å². The standard InChI is InChI=1S/C32H35NO9/c1-33(2)13-14-41-32(22-8-10-23(35-3)11-9-22)24(15-20-16-27(36-4)30(38-6)28(17-20)37-5)29(31(34)42-32)21-7-12-25-26(18-21)40-19-39-25/h7-12,16-18H,13-15,19H2,1-6H3. The molecule has 0 spiro atoms. The number of ether oxygens (including phenoxy) is 8. The summed E-state index contributed by atoms with van der Waals surface area (Å²) in [6, 6.07) is 16.4. The van der Waals surface area contributed by atoms with Crippen molar-refractivity contribution < 1.29 is 42.7 Å². The lowest BCUT2D eigenvalue weighted by Gasteiger charge is -2.32. The number of carbonyl (C=O) groups excluding carboxylic acids is 1. The Hall–Kier alpha value is -4.41. The van der Waals surface area contributed by atoms with Gasteiger partial charge in [0.25, 0.3) is 5.79 Å². The molecule has 0 saturated carbocycles. The summed E-state index contributed by atoms with van der Waals surface area (Å²) in [5.41, 5.74) is 3.06. The Balaban J connectivity index is 1.72. The molecule has 0 radical (unpaired) electrons. The minimum atomic E-state index is -1.52. The van der Waals surface area contributed by atoms with E-state index in [1.165, 1.54) is 0 Å². The van der Waals surface area contributed by atoms with Crippen molar-refractivity contribution >= 4 is 11.5 Å². The predicted octanol–water partition coefficient (Wildman–Crippen LogP) is 4.43. The molecule has 3 aromatic carbocycles. The molecule has 0 bridgehead atoms. The van der Waals surface area contributed by atoms with E-state index in [0.29, 0.717) is 69.9 Å². The molecular weight excluding hydrogens is 542 g/mol. The number of hydrogen-bond acceptors (Lipinski definition) is 10. The molecule has 0 amide bonds. The highest BCUT2D eigenvalue weighted by Gasteiger charge is 2.51. The van der Waals surface area contributed by atoms with Gasteiger partial charge in [-0.25, -0.2) is 4.79 Å². The average Bonchev–Trinajstić information content (AvgIpc) is 3.58. The Bertz CT molecular complexity index is 1460. The molecule has 0 saturated heterocycles. The van der Waals surface area contributed by atoms with Crippen LogP contribution in [-0.2, 0) is 26.5 Å². The monoisotopic (exact) mass is 577 g/mol. The van der Waals surface area contributed by atoms with Crippen molar-refractivity contribution in [2.24, 2.45) is 0 Å². The first kappa shape index (κ1) is 29.1. The maximum atomic E-state index is 13.9. The zero-order valence-corrected chi connectivity index (χ0v) is 24.6. The number of hydrogen-bond donors (Lipinski definition) is 0. The van der Waals surface area contributed by atoms with E-state index >= 15 is 0 Å². The van der Waals surface area contributed by atoms with Gasteiger partial charge >= 0.3 is 5.97 Å². The molecule has 10 heteroatoms. The summed E-state index contributed by atoms with van der Waals surface area (Å²) >= 11 is 0. The van der Waals surface area contributed by atoms with E-state index in [1.807, 2.05) is 61.5 Å². The van der Waals surface area contributed by atoms with Crippen molar-refractivity contribution in [3.63, 3.8) is 0 Å². The number of carbonyl (C=O) groups is 1. The topological polar surface area (TPSA) is 94.2 Å². The smallest absolute Gasteiger partial charge is 0.342 e. The van der Waals surface area contributed by atoms with E-state index in [2.05, 4.69) is 0 Å². The minimum absolute atomic E-state index is 0.115. The fourth-order valence-corrected chi connectivity index (χ4v) is 5.14. The van der Waals surface area contributed by atoms with Crippen LogP contribution in [0.5, 0.6) is 34.5 Å². The highest BCUT2D eigenvalue weighted by atomic mass is 16.7. The molecule has 2 aliphatic rings. The number of methoxy groups -OCH3 is 4. The van der Waals surface area contributed by atoms with Gasteiger partial charge in [-0.3, -0.25) is 0 Å². The quantitative estimate of drug-likeness (QED) is 0.288. The molecule has 42 heavy (non-hydrogen) atoms. The lowest BCUT2D eigenvalue weighted by molar-refractivity contribution is -0.209. The molecule has 1 atom stereocenters. The molecule has 2 aliphatic heterocycles. The third-order valence-corrected chi connectivity index (χ3v) is 7.22. The van der Waals surface area contributed by atoms with Gasteiger partial charge in [-0.15, -0.1) is 0 Å². The van der Waals surface area contributed by atoms with Crippen LogP contribution in [0.2, 0.25) is 0 Å². The first-order chi connectivity index (χ1) is 20.3. The number of cyclic esters (lactones) is 1. The van der Waals surface area contributed by atoms with Crippen molar-refractivity contribution in [2.45, 2.75) is 12.2 Å². The molecule has 0 fully saturated rings. The van der Waals surface area contributed by atoms with Crippen LogP contribution in [0.15, 0.2) is 60.2 Å². The van der Waals surface area contributed by atoms with E-state index < -0.39 is 11.8 Å². The first-order valence-electron chi connectivity index (χ1n) is 13.4. The van der Waals surface area contributed by atoms with E-state index in [4.69, 9.17) is 37.9 Å². The lowest BCUT2D eigenvalue weighted by Crippen LogP contribution is -2.36. The number of rotatable bonds is 12. The average molecular weight is 578 g/mol. The van der Waals surface area contributed by atoms with Gasteiger partial charge < -0.3 is 42.8 Å². The summed E-state index contributed by atoms with van der Waals surface area (Å²) in [4.78, 5) is 15.9. The Morgan fingerprint density at radius 2 is 1.52 bits per heavy atom. The highest BCUT2D eigenvalue weighted by Crippen LogP contribution is 2.49. The Morgan fingerprint density at radius 3 is 2.14 bits per heavy atom. The largest absolute Gasteiger partial charge is 0.497 e. The molecule has 3 aromatic rings. The van der Waals surface area contributed by atoms with Crippen LogP contribution in [-0.4, -0.2) is 73.3 Å². The summed E-state index contributed by atoms with van der Waals surface area (Å²) in [6.45, 7) is 1.01. The minimum Gasteiger partial charge on any atom is -0.497 e. The maximum Gasteiger partial charge on any atom is 0.342 e. The second kappa shape index (κ2) is 12.2. The first-order valence-corrected chi connectivity index (χ1v) is 13.4. The van der Waals surface area contributed by atoms with Crippen LogP contribution in [0.25, 0.3) is 5.57 Å². The number of benzene rings is 3. The Morgan fingerprint density at radius 1 is 0.833 bits per heavy atom. The van der Waals surface area contributed by atoms with E-state index in [-0.39, 0.29) is 13.2 Å². The van der Waals surface area contributed by atoms with Crippen molar-refractivity contribution in [3.8, 4) is 34.5 Å². The summed E-state index contributed by atoms with van der Waals surface area (Å²) in [5, 5.41) is 0. The molecule has 0 N–H and O–H groups in total. The summed E-state index contributed by atoms with van der Waals surface area (Å²) in [6.07, 6.45) is 0.264. The number of nitrogens with zero attached hydrogens (tertiary/aromatic N) is 1. The normalized spacial score (nSPS) is 17.5. The van der Waals surface area contributed by atoms with Crippen molar-refractivity contribution in [1.82, 2.24) is 4.90 Å². The predicted molar refractivity (Wildman–Crippen MR) is 155 cm³/mol. The third-order valence-electron chi connectivity index (χ3n) is 7.22. The van der Waals surface area contributed by atoms with Crippen LogP contribution < -0.4 is 28.4 Å². The zero-order valence-electron chi connectivity index (χ0n) is 24.6. The molecule has 222 valence electrons. The second-order valence-corrected chi connectivity index (χ2v) is 10.0. The maximum absolute atomic E-state index is 13.9. The number of fused-ring (bicyclic) bond motifs is 1. The van der Waals surface area contributed by atoms with Crippen LogP contribution in [0.3, 0.4) is 0 Å². The van der Waals surface area contributed by atoms with Crippen molar-refractivity contribution in [2.75, 3.05) is 62.5 Å². The van der Waals surface area contributed by atoms with Gasteiger partial charge in [-0.2, -0.15) is 0 Å². The molecule has 5 rings (SSSR count). The molecule has 10 nitrogen and oxygen atoms in total. The second-order valence-electron chi connectivity index (χ2n) is 10.0. The molecule has 0 aliphatic carbocycles. The van der Waals surface area contributed by atoms with Crippen LogP contribution >= 0.6 is 0 Å².